The minimum Gasteiger partial charge on any atom is -0.322 e. The summed E-state index contributed by atoms with van der Waals surface area (Å²) >= 11 is 1.12. The van der Waals surface area contributed by atoms with Crippen LogP contribution in [0.4, 0.5) is 5.69 Å². The molecule has 0 aliphatic heterocycles. The SMILES string of the molecule is Cn1c(-c2ccccc2)cnc1Sc1ccc(S(C)(=O)=O)cc1[N+](=O)[O-]. The second-order valence-electron chi connectivity index (χ2n) is 5.61. The Kier molecular flexibility index (Phi) is 4.84. The fourth-order valence-corrected chi connectivity index (χ4v) is 3.97. The highest BCUT2D eigenvalue weighted by atomic mass is 32.2. The van der Waals surface area contributed by atoms with Crippen LogP contribution in [-0.4, -0.2) is 29.1 Å². The maximum Gasteiger partial charge on any atom is 0.284 e. The number of benzene rings is 2. The zero-order valence-electron chi connectivity index (χ0n) is 14.0. The minimum atomic E-state index is -3.52. The van der Waals surface area contributed by atoms with Gasteiger partial charge < -0.3 is 4.57 Å². The third-order valence-electron chi connectivity index (χ3n) is 3.77. The van der Waals surface area contributed by atoms with Crippen LogP contribution in [0.15, 0.2) is 69.7 Å². The van der Waals surface area contributed by atoms with Gasteiger partial charge in [0.25, 0.3) is 5.69 Å². The molecule has 26 heavy (non-hydrogen) atoms. The highest BCUT2D eigenvalue weighted by Gasteiger charge is 2.21. The summed E-state index contributed by atoms with van der Waals surface area (Å²) in [7, 11) is -1.70. The minimum absolute atomic E-state index is 0.0848. The number of aromatic nitrogens is 2. The Morgan fingerprint density at radius 2 is 1.85 bits per heavy atom. The van der Waals surface area contributed by atoms with E-state index in [4.69, 9.17) is 0 Å². The van der Waals surface area contributed by atoms with Gasteiger partial charge in [0.1, 0.15) is 0 Å². The van der Waals surface area contributed by atoms with Crippen molar-refractivity contribution in [2.45, 2.75) is 14.9 Å². The number of rotatable bonds is 5. The number of nitro groups is 1. The third-order valence-corrected chi connectivity index (χ3v) is 6.01. The summed E-state index contributed by atoms with van der Waals surface area (Å²) in [6, 6.07) is 13.6. The van der Waals surface area contributed by atoms with E-state index >= 15 is 0 Å². The molecule has 0 bridgehead atoms. The zero-order valence-corrected chi connectivity index (χ0v) is 15.6. The number of hydrogen-bond acceptors (Lipinski definition) is 6. The fourth-order valence-electron chi connectivity index (χ4n) is 2.42. The molecule has 1 aromatic heterocycles. The molecule has 0 saturated heterocycles. The predicted octanol–water partition coefficient (Wildman–Crippen LogP) is 3.55. The molecule has 0 atom stereocenters. The molecule has 0 aliphatic carbocycles. The molecule has 0 N–H and O–H groups in total. The van der Waals surface area contributed by atoms with Crippen LogP contribution in [0.1, 0.15) is 0 Å². The summed E-state index contributed by atoms with van der Waals surface area (Å²) in [4.78, 5) is 15.4. The van der Waals surface area contributed by atoms with E-state index in [1.54, 1.807) is 6.20 Å². The largest absolute Gasteiger partial charge is 0.322 e. The summed E-state index contributed by atoms with van der Waals surface area (Å²) in [5.41, 5.74) is 1.60. The summed E-state index contributed by atoms with van der Waals surface area (Å²) in [6.45, 7) is 0. The zero-order chi connectivity index (χ0) is 18.9. The lowest BCUT2D eigenvalue weighted by Crippen LogP contribution is -2.00. The van der Waals surface area contributed by atoms with Gasteiger partial charge in [0, 0.05) is 19.4 Å². The molecule has 3 aromatic rings. The fraction of sp³-hybridized carbons (Fsp3) is 0.118. The molecule has 0 unspecified atom stereocenters. The van der Waals surface area contributed by atoms with Gasteiger partial charge in [0.2, 0.25) is 0 Å². The maximum absolute atomic E-state index is 11.6. The molecule has 0 spiro atoms. The summed E-state index contributed by atoms with van der Waals surface area (Å²) in [5, 5.41) is 11.9. The molecule has 9 heteroatoms. The van der Waals surface area contributed by atoms with E-state index in [0.717, 1.165) is 35.3 Å². The smallest absolute Gasteiger partial charge is 0.284 e. The first-order chi connectivity index (χ1) is 12.3. The van der Waals surface area contributed by atoms with E-state index < -0.39 is 14.8 Å². The van der Waals surface area contributed by atoms with E-state index in [1.165, 1.54) is 12.1 Å². The van der Waals surface area contributed by atoms with Gasteiger partial charge in [-0.25, -0.2) is 13.4 Å². The van der Waals surface area contributed by atoms with E-state index in [-0.39, 0.29) is 10.6 Å². The summed E-state index contributed by atoms with van der Waals surface area (Å²) < 4.78 is 25.1. The van der Waals surface area contributed by atoms with Gasteiger partial charge in [-0.05, 0) is 29.5 Å². The van der Waals surface area contributed by atoms with Crippen molar-refractivity contribution in [3.05, 3.63) is 64.8 Å². The highest BCUT2D eigenvalue weighted by molar-refractivity contribution is 7.99. The van der Waals surface area contributed by atoms with E-state index in [9.17, 15) is 18.5 Å². The quantitative estimate of drug-likeness (QED) is 0.489. The first-order valence-corrected chi connectivity index (χ1v) is 10.2. The molecule has 0 amide bonds. The Hall–Kier alpha value is -2.65. The van der Waals surface area contributed by atoms with Crippen LogP contribution in [0.2, 0.25) is 0 Å². The average molecular weight is 389 g/mol. The van der Waals surface area contributed by atoms with Gasteiger partial charge in [0.15, 0.2) is 15.0 Å². The lowest BCUT2D eigenvalue weighted by Gasteiger charge is -2.07. The predicted molar refractivity (Wildman–Crippen MR) is 99.0 cm³/mol. The van der Waals surface area contributed by atoms with Crippen molar-refractivity contribution in [1.82, 2.24) is 9.55 Å². The Morgan fingerprint density at radius 1 is 1.15 bits per heavy atom. The second kappa shape index (κ2) is 6.93. The number of hydrogen-bond donors (Lipinski definition) is 0. The molecule has 1 heterocycles. The Morgan fingerprint density at radius 3 is 2.46 bits per heavy atom. The lowest BCUT2D eigenvalue weighted by molar-refractivity contribution is -0.388. The van der Waals surface area contributed by atoms with Crippen molar-refractivity contribution in [3.8, 4) is 11.3 Å². The van der Waals surface area contributed by atoms with Crippen LogP contribution in [0.3, 0.4) is 0 Å². The Balaban J connectivity index is 2.00. The van der Waals surface area contributed by atoms with Crippen molar-refractivity contribution >= 4 is 27.3 Å². The summed E-state index contributed by atoms with van der Waals surface area (Å²) in [5.74, 6) is 0. The molecular weight excluding hydrogens is 374 g/mol. The van der Waals surface area contributed by atoms with Gasteiger partial charge in [0.05, 0.1) is 26.6 Å². The number of nitro benzene ring substituents is 1. The number of imidazole rings is 1. The molecule has 3 rings (SSSR count). The maximum atomic E-state index is 11.6. The molecule has 0 radical (unpaired) electrons. The number of sulfone groups is 1. The van der Waals surface area contributed by atoms with E-state index in [1.807, 2.05) is 41.9 Å². The monoisotopic (exact) mass is 389 g/mol. The Bertz CT molecular complexity index is 1080. The van der Waals surface area contributed by atoms with Gasteiger partial charge in [-0.3, -0.25) is 10.1 Å². The van der Waals surface area contributed by atoms with Gasteiger partial charge >= 0.3 is 0 Å². The van der Waals surface area contributed by atoms with Crippen molar-refractivity contribution < 1.29 is 13.3 Å². The first kappa shape index (κ1) is 18.2. The second-order valence-corrected chi connectivity index (χ2v) is 8.64. The van der Waals surface area contributed by atoms with Crippen molar-refractivity contribution in [2.75, 3.05) is 6.26 Å². The van der Waals surface area contributed by atoms with Crippen molar-refractivity contribution in [1.29, 1.82) is 0 Å². The topological polar surface area (TPSA) is 95.1 Å². The van der Waals surface area contributed by atoms with Crippen molar-refractivity contribution in [2.24, 2.45) is 7.05 Å². The Labute approximate surface area is 154 Å². The van der Waals surface area contributed by atoms with E-state index in [0.29, 0.717) is 10.1 Å². The molecule has 134 valence electrons. The molecule has 2 aromatic carbocycles. The van der Waals surface area contributed by atoms with Gasteiger partial charge in [-0.15, -0.1) is 0 Å². The molecule has 7 nitrogen and oxygen atoms in total. The van der Waals surface area contributed by atoms with Crippen LogP contribution in [0.5, 0.6) is 0 Å². The third kappa shape index (κ3) is 3.63. The van der Waals surface area contributed by atoms with Crippen molar-refractivity contribution in [3.63, 3.8) is 0 Å². The first-order valence-electron chi connectivity index (χ1n) is 7.51. The van der Waals surface area contributed by atoms with Crippen LogP contribution < -0.4 is 0 Å². The van der Waals surface area contributed by atoms with Gasteiger partial charge in [-0.2, -0.15) is 0 Å². The lowest BCUT2D eigenvalue weighted by atomic mass is 10.2. The number of nitrogens with zero attached hydrogens (tertiary/aromatic N) is 3. The molecule has 0 saturated carbocycles. The molecular formula is C17H15N3O4S2. The van der Waals surface area contributed by atoms with Gasteiger partial charge in [-0.1, -0.05) is 30.3 Å². The van der Waals surface area contributed by atoms with Crippen LogP contribution in [0.25, 0.3) is 11.3 Å². The van der Waals surface area contributed by atoms with E-state index in [2.05, 4.69) is 4.98 Å². The summed E-state index contributed by atoms with van der Waals surface area (Å²) in [6.07, 6.45) is 2.72. The standard InChI is InChI=1S/C17H15N3O4S2/c1-19-15(12-6-4-3-5-7-12)11-18-17(19)25-16-9-8-13(26(2,23)24)10-14(16)20(21)22/h3-11H,1-2H3. The highest BCUT2D eigenvalue weighted by Crippen LogP contribution is 2.36. The molecule has 0 fully saturated rings. The normalized spacial score (nSPS) is 11.5. The van der Waals surface area contributed by atoms with Crippen LogP contribution in [-0.2, 0) is 16.9 Å². The van der Waals surface area contributed by atoms with Crippen LogP contribution in [0, 0.1) is 10.1 Å². The molecule has 0 aliphatic rings. The average Bonchev–Trinajstić information content (AvgIpc) is 2.95. The van der Waals surface area contributed by atoms with Crippen LogP contribution >= 0.6 is 11.8 Å².